The highest BCUT2D eigenvalue weighted by Crippen LogP contribution is 2.46. The molecule has 0 spiro atoms. The highest BCUT2D eigenvalue weighted by atomic mass is 32.1. The Morgan fingerprint density at radius 2 is 0.778 bits per heavy atom. The van der Waals surface area contributed by atoms with Crippen molar-refractivity contribution in [2.24, 2.45) is 0 Å². The highest BCUT2D eigenvalue weighted by Gasteiger charge is 2.18. The predicted octanol–water partition coefficient (Wildman–Crippen LogP) is 10.8. The number of fused-ring (bicyclic) bond motifs is 2. The van der Waals surface area contributed by atoms with Crippen LogP contribution in [0.2, 0.25) is 0 Å². The summed E-state index contributed by atoms with van der Waals surface area (Å²) in [5, 5.41) is 9.47. The van der Waals surface area contributed by atoms with Gasteiger partial charge in [-0.25, -0.2) is 0 Å². The van der Waals surface area contributed by atoms with E-state index in [1.165, 1.54) is 64.7 Å². The summed E-state index contributed by atoms with van der Waals surface area (Å²) >= 11 is 3.59. The molecule has 0 fully saturated rings. The summed E-state index contributed by atoms with van der Waals surface area (Å²) in [6.07, 6.45) is 0. The first kappa shape index (κ1) is 21.3. The molecule has 0 aliphatic carbocycles. The third kappa shape index (κ3) is 3.58. The van der Waals surface area contributed by atoms with Gasteiger partial charge in [0.1, 0.15) is 0 Å². The highest BCUT2D eigenvalue weighted by molar-refractivity contribution is 7.13. The first-order chi connectivity index (χ1) is 17.9. The second-order valence-corrected chi connectivity index (χ2v) is 10.9. The van der Waals surface area contributed by atoms with Crippen molar-refractivity contribution in [2.75, 3.05) is 0 Å². The molecule has 170 valence electrons. The van der Waals surface area contributed by atoms with Crippen molar-refractivity contribution < 1.29 is 0 Å². The molecular formula is C34H22S2. The number of hydrogen-bond donors (Lipinski definition) is 0. The molecule has 0 aliphatic heterocycles. The molecule has 0 atom stereocenters. The summed E-state index contributed by atoms with van der Waals surface area (Å²) in [5.41, 5.74) is 7.64. The molecule has 0 amide bonds. The smallest absolute Gasteiger partial charge is 0.0342 e. The Hall–Kier alpha value is -3.98. The van der Waals surface area contributed by atoms with Crippen LogP contribution in [0.3, 0.4) is 0 Å². The van der Waals surface area contributed by atoms with Crippen molar-refractivity contribution in [1.82, 2.24) is 0 Å². The topological polar surface area (TPSA) is 0 Å². The first-order valence-corrected chi connectivity index (χ1v) is 13.8. The van der Waals surface area contributed by atoms with E-state index in [2.05, 4.69) is 132 Å². The van der Waals surface area contributed by atoms with E-state index in [1.54, 1.807) is 22.7 Å². The number of rotatable bonds is 4. The van der Waals surface area contributed by atoms with E-state index < -0.39 is 0 Å². The van der Waals surface area contributed by atoms with Crippen molar-refractivity contribution in [1.29, 1.82) is 0 Å². The summed E-state index contributed by atoms with van der Waals surface area (Å²) in [4.78, 5) is 2.59. The van der Waals surface area contributed by atoms with Crippen LogP contribution in [0.1, 0.15) is 0 Å². The van der Waals surface area contributed by atoms with Crippen molar-refractivity contribution in [3.8, 4) is 43.1 Å². The van der Waals surface area contributed by atoms with E-state index in [-0.39, 0.29) is 0 Å². The minimum absolute atomic E-state index is 1.25. The maximum absolute atomic E-state index is 2.40. The molecule has 7 aromatic rings. The van der Waals surface area contributed by atoms with E-state index in [9.17, 15) is 0 Å². The van der Waals surface area contributed by atoms with E-state index in [1.807, 2.05) is 0 Å². The average Bonchev–Trinajstić information content (AvgIpc) is 3.67. The lowest BCUT2D eigenvalue weighted by molar-refractivity contribution is 1.65. The number of hydrogen-bond acceptors (Lipinski definition) is 2. The maximum atomic E-state index is 2.40. The van der Waals surface area contributed by atoms with Crippen LogP contribution in [-0.4, -0.2) is 0 Å². The second-order valence-electron chi connectivity index (χ2n) is 8.96. The van der Waals surface area contributed by atoms with Gasteiger partial charge >= 0.3 is 0 Å². The van der Waals surface area contributed by atoms with Gasteiger partial charge in [0.25, 0.3) is 0 Å². The Morgan fingerprint density at radius 3 is 1.19 bits per heavy atom. The molecule has 7 rings (SSSR count). The molecule has 0 unspecified atom stereocenters. The van der Waals surface area contributed by atoms with Crippen LogP contribution in [0.25, 0.3) is 64.7 Å². The van der Waals surface area contributed by atoms with Gasteiger partial charge in [0, 0.05) is 9.75 Å². The number of benzene rings is 5. The lowest BCUT2D eigenvalue weighted by Gasteiger charge is -2.19. The molecule has 0 aliphatic rings. The lowest BCUT2D eigenvalue weighted by Crippen LogP contribution is -1.92. The molecule has 0 nitrogen and oxygen atoms in total. The molecule has 5 aromatic carbocycles. The zero-order valence-corrected chi connectivity index (χ0v) is 21.2. The fourth-order valence-corrected chi connectivity index (χ4v) is 6.70. The van der Waals surface area contributed by atoms with Gasteiger partial charge in [-0.05, 0) is 90.0 Å². The van der Waals surface area contributed by atoms with Gasteiger partial charge in [-0.2, -0.15) is 0 Å². The quantitative estimate of drug-likeness (QED) is 0.213. The van der Waals surface area contributed by atoms with Crippen molar-refractivity contribution in [3.63, 3.8) is 0 Å². The Kier molecular flexibility index (Phi) is 5.27. The molecule has 0 N–H and O–H groups in total. The van der Waals surface area contributed by atoms with Crippen LogP contribution in [0, 0.1) is 0 Å². The van der Waals surface area contributed by atoms with Crippen molar-refractivity contribution in [3.05, 3.63) is 132 Å². The summed E-state index contributed by atoms with van der Waals surface area (Å²) in [6, 6.07) is 44.4. The van der Waals surface area contributed by atoms with Crippen LogP contribution in [0.15, 0.2) is 132 Å². The molecule has 0 bridgehead atoms. The Morgan fingerprint density at radius 1 is 0.333 bits per heavy atom. The van der Waals surface area contributed by atoms with Crippen LogP contribution in [-0.2, 0) is 0 Å². The summed E-state index contributed by atoms with van der Waals surface area (Å²) < 4.78 is 0. The molecule has 0 saturated heterocycles. The molecule has 0 saturated carbocycles. The van der Waals surface area contributed by atoms with E-state index in [4.69, 9.17) is 0 Å². The van der Waals surface area contributed by atoms with Crippen molar-refractivity contribution in [2.45, 2.75) is 0 Å². The zero-order valence-electron chi connectivity index (χ0n) is 19.5. The van der Waals surface area contributed by atoms with E-state index in [0.717, 1.165) is 0 Å². The molecule has 0 radical (unpaired) electrons. The normalized spacial score (nSPS) is 11.3. The van der Waals surface area contributed by atoms with Gasteiger partial charge in [0.2, 0.25) is 0 Å². The van der Waals surface area contributed by atoms with Gasteiger partial charge in [-0.15, -0.1) is 22.7 Å². The van der Waals surface area contributed by atoms with Gasteiger partial charge < -0.3 is 0 Å². The van der Waals surface area contributed by atoms with Crippen molar-refractivity contribution >= 4 is 44.2 Å². The zero-order chi connectivity index (χ0) is 23.9. The van der Waals surface area contributed by atoms with Crippen LogP contribution >= 0.6 is 22.7 Å². The molecule has 2 heteroatoms. The van der Waals surface area contributed by atoms with E-state index in [0.29, 0.717) is 0 Å². The fraction of sp³-hybridized carbons (Fsp3) is 0. The Labute approximate surface area is 218 Å². The molecule has 36 heavy (non-hydrogen) atoms. The standard InChI is InChI=1S/C34H22S2/c1-3-9-23(10-4-1)33-27-17-15-25(31-13-7-19-35-31)21-29(27)34(24-11-5-2-6-12-24)30-22-26(16-18-28(30)33)32-14-8-20-36-32/h1-22H. The molecular weight excluding hydrogens is 473 g/mol. The first-order valence-electron chi connectivity index (χ1n) is 12.1. The predicted molar refractivity (Wildman–Crippen MR) is 159 cm³/mol. The van der Waals surface area contributed by atoms with Crippen LogP contribution in [0.5, 0.6) is 0 Å². The Bertz CT molecular complexity index is 1700. The molecule has 2 heterocycles. The summed E-state index contributed by atoms with van der Waals surface area (Å²) in [6.45, 7) is 0. The average molecular weight is 495 g/mol. The minimum atomic E-state index is 1.25. The minimum Gasteiger partial charge on any atom is -0.144 e. The SMILES string of the molecule is c1ccc(-c2c3ccc(-c4cccs4)cc3c(-c3ccccc3)c3cc(-c4cccs4)ccc23)cc1. The molecule has 2 aromatic heterocycles. The third-order valence-electron chi connectivity index (χ3n) is 6.85. The van der Waals surface area contributed by atoms with Crippen LogP contribution in [0.4, 0.5) is 0 Å². The summed E-state index contributed by atoms with van der Waals surface area (Å²) in [7, 11) is 0. The number of thiophene rings is 2. The third-order valence-corrected chi connectivity index (χ3v) is 8.69. The van der Waals surface area contributed by atoms with Gasteiger partial charge in [0.15, 0.2) is 0 Å². The summed E-state index contributed by atoms with van der Waals surface area (Å²) in [5.74, 6) is 0. The second kappa shape index (κ2) is 8.91. The maximum Gasteiger partial charge on any atom is 0.0342 e. The van der Waals surface area contributed by atoms with Gasteiger partial charge in [0.05, 0.1) is 0 Å². The van der Waals surface area contributed by atoms with Crippen LogP contribution < -0.4 is 0 Å². The lowest BCUT2D eigenvalue weighted by atomic mass is 9.84. The monoisotopic (exact) mass is 494 g/mol. The van der Waals surface area contributed by atoms with E-state index >= 15 is 0 Å². The fourth-order valence-electron chi connectivity index (χ4n) is 5.25. The van der Waals surface area contributed by atoms with Gasteiger partial charge in [-0.3, -0.25) is 0 Å². The van der Waals surface area contributed by atoms with Gasteiger partial charge in [-0.1, -0.05) is 97.1 Å². The largest absolute Gasteiger partial charge is 0.144 e. The Balaban J connectivity index is 1.67.